The van der Waals surface area contributed by atoms with Crippen molar-refractivity contribution in [3.05, 3.63) is 59.1 Å². The molecular weight excluding hydrogens is 312 g/mol. The second-order valence-electron chi connectivity index (χ2n) is 5.64. The molecule has 0 unspecified atom stereocenters. The molecule has 0 saturated heterocycles. The first-order valence-corrected chi connectivity index (χ1v) is 7.99. The molecule has 1 N–H and O–H groups in total. The largest absolute Gasteiger partial charge is 0.497 e. The minimum absolute atomic E-state index is 0.0781. The zero-order valence-corrected chi connectivity index (χ0v) is 13.7. The summed E-state index contributed by atoms with van der Waals surface area (Å²) in [5.74, 6) is 0.817. The number of hydrogen-bond donors (Lipinski definition) is 1. The molecule has 0 bridgehead atoms. The smallest absolute Gasteiger partial charge is 0.322 e. The van der Waals surface area contributed by atoms with Crippen molar-refractivity contribution in [1.29, 1.82) is 0 Å². The second kappa shape index (κ2) is 6.92. The van der Waals surface area contributed by atoms with E-state index in [-0.39, 0.29) is 6.03 Å². The zero-order valence-electron chi connectivity index (χ0n) is 13.0. The van der Waals surface area contributed by atoms with Crippen molar-refractivity contribution in [2.24, 2.45) is 0 Å². The van der Waals surface area contributed by atoms with E-state index in [1.54, 1.807) is 31.4 Å². The lowest BCUT2D eigenvalue weighted by molar-refractivity contribution is 0.206. The standard InChI is InChI=1S/C18H19ClN2O2/c1-23-17-10-2-13(3-11-17)12-21(16-8-9-16)18(22)20-15-6-4-14(19)5-7-15/h2-7,10-11,16H,8-9,12H2,1H3,(H,20,22). The lowest BCUT2D eigenvalue weighted by Gasteiger charge is -2.23. The van der Waals surface area contributed by atoms with Gasteiger partial charge in [-0.15, -0.1) is 0 Å². The van der Waals surface area contributed by atoms with Gasteiger partial charge in [0.2, 0.25) is 0 Å². The summed E-state index contributed by atoms with van der Waals surface area (Å²) < 4.78 is 5.17. The van der Waals surface area contributed by atoms with Gasteiger partial charge >= 0.3 is 6.03 Å². The highest BCUT2D eigenvalue weighted by atomic mass is 35.5. The number of carbonyl (C=O) groups excluding carboxylic acids is 1. The van der Waals surface area contributed by atoms with E-state index in [9.17, 15) is 4.79 Å². The van der Waals surface area contributed by atoms with E-state index >= 15 is 0 Å². The molecular formula is C18H19ClN2O2. The summed E-state index contributed by atoms with van der Waals surface area (Å²) in [5.41, 5.74) is 1.84. The maximum atomic E-state index is 12.6. The number of methoxy groups -OCH3 is 1. The number of nitrogens with zero attached hydrogens (tertiary/aromatic N) is 1. The Kier molecular flexibility index (Phi) is 4.72. The number of hydrogen-bond acceptors (Lipinski definition) is 2. The normalized spacial score (nSPS) is 13.5. The van der Waals surface area contributed by atoms with Gasteiger partial charge in [0, 0.05) is 23.3 Å². The fourth-order valence-electron chi connectivity index (χ4n) is 2.41. The third kappa shape index (κ3) is 4.17. The highest BCUT2D eigenvalue weighted by Gasteiger charge is 2.32. The van der Waals surface area contributed by atoms with Crippen LogP contribution in [-0.2, 0) is 6.54 Å². The van der Waals surface area contributed by atoms with Crippen LogP contribution in [0.4, 0.5) is 10.5 Å². The van der Waals surface area contributed by atoms with Gasteiger partial charge in [-0.1, -0.05) is 23.7 Å². The fraction of sp³-hybridized carbons (Fsp3) is 0.278. The maximum absolute atomic E-state index is 12.6. The molecule has 0 aromatic heterocycles. The van der Waals surface area contributed by atoms with Crippen LogP contribution in [-0.4, -0.2) is 24.1 Å². The molecule has 23 heavy (non-hydrogen) atoms. The highest BCUT2D eigenvalue weighted by molar-refractivity contribution is 6.30. The number of carbonyl (C=O) groups is 1. The topological polar surface area (TPSA) is 41.6 Å². The Bertz CT molecular complexity index is 666. The van der Waals surface area contributed by atoms with Gasteiger partial charge in [-0.2, -0.15) is 0 Å². The highest BCUT2D eigenvalue weighted by Crippen LogP contribution is 2.29. The minimum Gasteiger partial charge on any atom is -0.497 e. The number of halogens is 1. The molecule has 1 aliphatic carbocycles. The summed E-state index contributed by atoms with van der Waals surface area (Å²) in [6, 6.07) is 15.2. The molecule has 3 rings (SSSR count). The van der Waals surface area contributed by atoms with Crippen molar-refractivity contribution >= 4 is 23.3 Å². The van der Waals surface area contributed by atoms with Crippen molar-refractivity contribution in [2.45, 2.75) is 25.4 Å². The number of benzene rings is 2. The predicted molar refractivity (Wildman–Crippen MR) is 92.0 cm³/mol. The molecule has 1 aliphatic rings. The molecule has 2 aromatic rings. The molecule has 0 heterocycles. The van der Waals surface area contributed by atoms with Crippen LogP contribution < -0.4 is 10.1 Å². The van der Waals surface area contributed by atoms with E-state index in [1.807, 2.05) is 29.2 Å². The van der Waals surface area contributed by atoms with Crippen molar-refractivity contribution in [3.8, 4) is 5.75 Å². The van der Waals surface area contributed by atoms with Crippen LogP contribution in [0.2, 0.25) is 5.02 Å². The van der Waals surface area contributed by atoms with Crippen LogP contribution in [0.25, 0.3) is 0 Å². The van der Waals surface area contributed by atoms with Crippen LogP contribution in [0.5, 0.6) is 5.75 Å². The summed E-state index contributed by atoms with van der Waals surface area (Å²) in [7, 11) is 1.64. The lowest BCUT2D eigenvalue weighted by Crippen LogP contribution is -2.36. The van der Waals surface area contributed by atoms with Gasteiger partial charge in [0.15, 0.2) is 0 Å². The third-order valence-corrected chi connectivity index (χ3v) is 4.11. The molecule has 0 radical (unpaired) electrons. The van der Waals surface area contributed by atoms with E-state index in [0.717, 1.165) is 29.8 Å². The fourth-order valence-corrected chi connectivity index (χ4v) is 2.54. The molecule has 0 atom stereocenters. The van der Waals surface area contributed by atoms with Crippen LogP contribution in [0.15, 0.2) is 48.5 Å². The first-order chi connectivity index (χ1) is 11.2. The Morgan fingerprint density at radius 3 is 2.39 bits per heavy atom. The summed E-state index contributed by atoms with van der Waals surface area (Å²) in [5, 5.41) is 3.59. The molecule has 2 aromatic carbocycles. The predicted octanol–water partition coefficient (Wildman–Crippen LogP) is 4.55. The van der Waals surface area contributed by atoms with Crippen molar-refractivity contribution in [2.75, 3.05) is 12.4 Å². The Labute approximate surface area is 141 Å². The van der Waals surface area contributed by atoms with Crippen LogP contribution in [0, 0.1) is 0 Å². The van der Waals surface area contributed by atoms with Crippen LogP contribution >= 0.6 is 11.6 Å². The van der Waals surface area contributed by atoms with Gasteiger partial charge in [0.25, 0.3) is 0 Å². The molecule has 1 saturated carbocycles. The zero-order chi connectivity index (χ0) is 16.2. The van der Waals surface area contributed by atoms with Gasteiger partial charge in [0.1, 0.15) is 5.75 Å². The molecule has 4 nitrogen and oxygen atoms in total. The summed E-state index contributed by atoms with van der Waals surface area (Å²) in [4.78, 5) is 14.4. The summed E-state index contributed by atoms with van der Waals surface area (Å²) >= 11 is 5.87. The van der Waals surface area contributed by atoms with Gasteiger partial charge < -0.3 is 15.0 Å². The Hall–Kier alpha value is -2.20. The Morgan fingerprint density at radius 1 is 1.17 bits per heavy atom. The van der Waals surface area contributed by atoms with E-state index in [0.29, 0.717) is 17.6 Å². The average molecular weight is 331 g/mol. The number of ether oxygens (including phenoxy) is 1. The Morgan fingerprint density at radius 2 is 1.83 bits per heavy atom. The van der Waals surface area contributed by atoms with Crippen molar-refractivity contribution < 1.29 is 9.53 Å². The Balaban J connectivity index is 1.67. The molecule has 1 fully saturated rings. The maximum Gasteiger partial charge on any atom is 0.322 e. The third-order valence-electron chi connectivity index (χ3n) is 3.86. The van der Waals surface area contributed by atoms with Crippen molar-refractivity contribution in [3.63, 3.8) is 0 Å². The first kappa shape index (κ1) is 15.7. The number of urea groups is 1. The quantitative estimate of drug-likeness (QED) is 0.874. The number of rotatable bonds is 5. The molecule has 2 amide bonds. The molecule has 5 heteroatoms. The average Bonchev–Trinajstić information content (AvgIpc) is 3.40. The van der Waals surface area contributed by atoms with E-state index < -0.39 is 0 Å². The molecule has 0 aliphatic heterocycles. The lowest BCUT2D eigenvalue weighted by atomic mass is 10.2. The van der Waals surface area contributed by atoms with Crippen molar-refractivity contribution in [1.82, 2.24) is 4.90 Å². The molecule has 0 spiro atoms. The number of amides is 2. The van der Waals surface area contributed by atoms with E-state index in [1.165, 1.54) is 0 Å². The minimum atomic E-state index is -0.0781. The van der Waals surface area contributed by atoms with Gasteiger partial charge in [-0.3, -0.25) is 0 Å². The number of anilines is 1. The van der Waals surface area contributed by atoms with Gasteiger partial charge in [-0.05, 0) is 54.8 Å². The number of nitrogens with one attached hydrogen (secondary N) is 1. The van der Waals surface area contributed by atoms with Gasteiger partial charge in [-0.25, -0.2) is 4.79 Å². The van der Waals surface area contributed by atoms with Gasteiger partial charge in [0.05, 0.1) is 7.11 Å². The SMILES string of the molecule is COc1ccc(CN(C(=O)Nc2ccc(Cl)cc2)C2CC2)cc1. The monoisotopic (exact) mass is 330 g/mol. The summed E-state index contributed by atoms with van der Waals surface area (Å²) in [6.07, 6.45) is 2.12. The van der Waals surface area contributed by atoms with E-state index in [4.69, 9.17) is 16.3 Å². The second-order valence-corrected chi connectivity index (χ2v) is 6.08. The van der Waals surface area contributed by atoms with Crippen LogP contribution in [0.1, 0.15) is 18.4 Å². The first-order valence-electron chi connectivity index (χ1n) is 7.62. The summed E-state index contributed by atoms with van der Waals surface area (Å²) in [6.45, 7) is 0.591. The van der Waals surface area contributed by atoms with Crippen LogP contribution in [0.3, 0.4) is 0 Å². The molecule has 120 valence electrons. The van der Waals surface area contributed by atoms with E-state index in [2.05, 4.69) is 5.32 Å².